The average molecular weight is 343 g/mol. The number of hydrogen-bond donors (Lipinski definition) is 2. The number of carboxylic acids is 1. The van der Waals surface area contributed by atoms with Gasteiger partial charge in [0.2, 0.25) is 0 Å². The molecule has 1 aromatic carbocycles. The standard InChI is InChI=1S/C14H15F6NO2/c1-2-7(5-11(21)12(22)23)9-6-8(13(15,16)17)3-4-10(9)14(18,19)20/h3-4,6-7,11H,2,5,21H2,1H3,(H,22,23). The third kappa shape index (κ3) is 4.85. The van der Waals surface area contributed by atoms with Gasteiger partial charge in [-0.05, 0) is 42.5 Å². The molecule has 0 radical (unpaired) electrons. The molecule has 1 aromatic rings. The molecule has 0 heterocycles. The van der Waals surface area contributed by atoms with E-state index in [0.717, 1.165) is 0 Å². The van der Waals surface area contributed by atoms with Crippen molar-refractivity contribution in [2.24, 2.45) is 5.73 Å². The molecule has 2 atom stereocenters. The highest BCUT2D eigenvalue weighted by Crippen LogP contribution is 2.41. The molecule has 0 saturated carbocycles. The summed E-state index contributed by atoms with van der Waals surface area (Å²) in [5, 5.41) is 8.76. The summed E-state index contributed by atoms with van der Waals surface area (Å²) in [6, 6.07) is -0.315. The first kappa shape index (κ1) is 19.3. The first-order valence-electron chi connectivity index (χ1n) is 6.64. The lowest BCUT2D eigenvalue weighted by atomic mass is 9.85. The Bertz CT molecular complexity index is 567. The Morgan fingerprint density at radius 2 is 1.74 bits per heavy atom. The van der Waals surface area contributed by atoms with Gasteiger partial charge in [0.15, 0.2) is 0 Å². The van der Waals surface area contributed by atoms with Gasteiger partial charge in [-0.3, -0.25) is 4.79 Å². The molecule has 0 fully saturated rings. The van der Waals surface area contributed by atoms with Crippen LogP contribution in [0.3, 0.4) is 0 Å². The van der Waals surface area contributed by atoms with E-state index in [0.29, 0.717) is 18.2 Å². The van der Waals surface area contributed by atoms with Crippen molar-refractivity contribution in [1.82, 2.24) is 0 Å². The summed E-state index contributed by atoms with van der Waals surface area (Å²) in [6.07, 6.45) is -10.0. The lowest BCUT2D eigenvalue weighted by Crippen LogP contribution is -2.32. The molecule has 0 spiro atoms. The van der Waals surface area contributed by atoms with Crippen molar-refractivity contribution in [3.05, 3.63) is 34.9 Å². The molecule has 2 unspecified atom stereocenters. The number of aliphatic carboxylic acids is 1. The first-order chi connectivity index (χ1) is 10.4. The Morgan fingerprint density at radius 1 is 1.17 bits per heavy atom. The Hall–Kier alpha value is -1.77. The van der Waals surface area contributed by atoms with Crippen LogP contribution in [0.2, 0.25) is 0 Å². The van der Waals surface area contributed by atoms with E-state index in [4.69, 9.17) is 10.8 Å². The lowest BCUT2D eigenvalue weighted by Gasteiger charge is -2.23. The number of nitrogens with two attached hydrogens (primary N) is 1. The van der Waals surface area contributed by atoms with Crippen molar-refractivity contribution in [3.63, 3.8) is 0 Å². The predicted molar refractivity (Wildman–Crippen MR) is 69.7 cm³/mol. The van der Waals surface area contributed by atoms with E-state index in [-0.39, 0.29) is 6.42 Å². The van der Waals surface area contributed by atoms with Gasteiger partial charge in [0, 0.05) is 0 Å². The Labute approximate surface area is 128 Å². The summed E-state index contributed by atoms with van der Waals surface area (Å²) < 4.78 is 77.4. The fourth-order valence-electron chi connectivity index (χ4n) is 2.26. The van der Waals surface area contributed by atoms with Crippen molar-refractivity contribution < 1.29 is 36.2 Å². The molecule has 3 nitrogen and oxygen atoms in total. The summed E-state index contributed by atoms with van der Waals surface area (Å²) in [5.74, 6) is -2.48. The molecule has 0 aliphatic heterocycles. The zero-order chi connectivity index (χ0) is 18.0. The van der Waals surface area contributed by atoms with E-state index in [1.807, 2.05) is 0 Å². The second kappa shape index (κ2) is 6.77. The molecule has 130 valence electrons. The van der Waals surface area contributed by atoms with E-state index in [2.05, 4.69) is 0 Å². The van der Waals surface area contributed by atoms with Crippen LogP contribution in [0.4, 0.5) is 26.3 Å². The van der Waals surface area contributed by atoms with Crippen LogP contribution < -0.4 is 5.73 Å². The highest BCUT2D eigenvalue weighted by atomic mass is 19.4. The summed E-state index contributed by atoms with van der Waals surface area (Å²) in [6.45, 7) is 1.46. The Balaban J connectivity index is 3.40. The van der Waals surface area contributed by atoms with Crippen LogP contribution >= 0.6 is 0 Å². The monoisotopic (exact) mass is 343 g/mol. The topological polar surface area (TPSA) is 63.3 Å². The van der Waals surface area contributed by atoms with E-state index in [9.17, 15) is 31.1 Å². The number of rotatable bonds is 5. The lowest BCUT2D eigenvalue weighted by molar-refractivity contribution is -0.142. The molecule has 0 bridgehead atoms. The van der Waals surface area contributed by atoms with E-state index in [1.165, 1.54) is 6.92 Å². The fraction of sp³-hybridized carbons (Fsp3) is 0.500. The number of halogens is 6. The van der Waals surface area contributed by atoms with Crippen LogP contribution in [0.15, 0.2) is 18.2 Å². The average Bonchev–Trinajstić information content (AvgIpc) is 2.41. The van der Waals surface area contributed by atoms with E-state index >= 15 is 0 Å². The minimum Gasteiger partial charge on any atom is -0.480 e. The second-order valence-electron chi connectivity index (χ2n) is 5.08. The molecule has 0 aromatic heterocycles. The fourth-order valence-corrected chi connectivity index (χ4v) is 2.26. The van der Waals surface area contributed by atoms with Crippen molar-refractivity contribution in [2.75, 3.05) is 0 Å². The normalized spacial score (nSPS) is 15.3. The summed E-state index contributed by atoms with van der Waals surface area (Å²) in [7, 11) is 0. The Morgan fingerprint density at radius 3 is 2.13 bits per heavy atom. The second-order valence-corrected chi connectivity index (χ2v) is 5.08. The van der Waals surface area contributed by atoms with Gasteiger partial charge in [0.25, 0.3) is 0 Å². The summed E-state index contributed by atoms with van der Waals surface area (Å²) in [4.78, 5) is 10.8. The number of hydrogen-bond acceptors (Lipinski definition) is 2. The number of carboxylic acid groups (broad SMARTS) is 1. The highest BCUT2D eigenvalue weighted by molar-refractivity contribution is 5.73. The van der Waals surface area contributed by atoms with E-state index < -0.39 is 53.4 Å². The van der Waals surface area contributed by atoms with Crippen LogP contribution in [0, 0.1) is 0 Å². The van der Waals surface area contributed by atoms with E-state index in [1.54, 1.807) is 0 Å². The van der Waals surface area contributed by atoms with Gasteiger partial charge in [-0.25, -0.2) is 0 Å². The van der Waals surface area contributed by atoms with Gasteiger partial charge in [0.1, 0.15) is 6.04 Å². The SMILES string of the molecule is CCC(CC(N)C(=O)O)c1cc(C(F)(F)F)ccc1C(F)(F)F. The predicted octanol–water partition coefficient (Wildman–Crippen LogP) is 4.02. The molecule has 0 saturated heterocycles. The summed E-state index contributed by atoms with van der Waals surface area (Å²) >= 11 is 0. The zero-order valence-corrected chi connectivity index (χ0v) is 12.0. The van der Waals surface area contributed by atoms with Gasteiger partial charge in [-0.15, -0.1) is 0 Å². The minimum atomic E-state index is -4.85. The molecular weight excluding hydrogens is 328 g/mol. The number of benzene rings is 1. The van der Waals surface area contributed by atoms with Crippen LogP contribution in [0.25, 0.3) is 0 Å². The number of carbonyl (C=O) groups is 1. The van der Waals surface area contributed by atoms with Crippen molar-refractivity contribution in [2.45, 2.75) is 44.1 Å². The van der Waals surface area contributed by atoms with Crippen molar-refractivity contribution in [1.29, 1.82) is 0 Å². The van der Waals surface area contributed by atoms with Crippen LogP contribution in [0.1, 0.15) is 42.4 Å². The van der Waals surface area contributed by atoms with Crippen LogP contribution in [-0.4, -0.2) is 17.1 Å². The maximum atomic E-state index is 13.0. The van der Waals surface area contributed by atoms with Crippen LogP contribution in [0.5, 0.6) is 0 Å². The molecule has 3 N–H and O–H groups in total. The van der Waals surface area contributed by atoms with Gasteiger partial charge in [-0.2, -0.15) is 26.3 Å². The first-order valence-corrected chi connectivity index (χ1v) is 6.64. The molecule has 0 aliphatic carbocycles. The molecule has 23 heavy (non-hydrogen) atoms. The van der Waals surface area contributed by atoms with Crippen molar-refractivity contribution >= 4 is 5.97 Å². The largest absolute Gasteiger partial charge is 0.480 e. The molecule has 9 heteroatoms. The molecular formula is C14H15F6NO2. The third-order valence-corrected chi connectivity index (χ3v) is 3.47. The molecule has 1 rings (SSSR count). The van der Waals surface area contributed by atoms with Gasteiger partial charge < -0.3 is 10.8 Å². The molecule has 0 amide bonds. The van der Waals surface area contributed by atoms with Gasteiger partial charge in [0.05, 0.1) is 11.1 Å². The quantitative estimate of drug-likeness (QED) is 0.794. The maximum Gasteiger partial charge on any atom is 0.416 e. The van der Waals surface area contributed by atoms with Gasteiger partial charge >= 0.3 is 18.3 Å². The minimum absolute atomic E-state index is 0.0192. The van der Waals surface area contributed by atoms with Crippen molar-refractivity contribution in [3.8, 4) is 0 Å². The summed E-state index contributed by atoms with van der Waals surface area (Å²) in [5.41, 5.74) is 2.29. The zero-order valence-electron chi connectivity index (χ0n) is 12.0. The Kier molecular flexibility index (Phi) is 5.68. The highest BCUT2D eigenvalue weighted by Gasteiger charge is 2.38. The van der Waals surface area contributed by atoms with Gasteiger partial charge in [-0.1, -0.05) is 6.92 Å². The van der Waals surface area contributed by atoms with Crippen LogP contribution in [-0.2, 0) is 17.1 Å². The number of alkyl halides is 6. The molecule has 0 aliphatic rings. The maximum absolute atomic E-state index is 13.0. The smallest absolute Gasteiger partial charge is 0.416 e. The third-order valence-electron chi connectivity index (χ3n) is 3.47.